The molecule has 5 heteroatoms. The van der Waals surface area contributed by atoms with Crippen LogP contribution in [0.15, 0.2) is 22.8 Å². The van der Waals surface area contributed by atoms with E-state index in [-0.39, 0.29) is 0 Å². The maximum atomic E-state index is 4.32. The number of rotatable bonds is 1. The summed E-state index contributed by atoms with van der Waals surface area (Å²) in [7, 11) is 0. The van der Waals surface area contributed by atoms with Gasteiger partial charge in [0.05, 0.1) is 0 Å². The van der Waals surface area contributed by atoms with Crippen LogP contribution in [0.3, 0.4) is 0 Å². The minimum Gasteiger partial charge on any atom is -0.316 e. The topological polar surface area (TPSA) is 42.2 Å². The van der Waals surface area contributed by atoms with Crippen LogP contribution in [0, 0.1) is 5.92 Å². The van der Waals surface area contributed by atoms with Gasteiger partial charge in [-0.25, -0.2) is 0 Å². The van der Waals surface area contributed by atoms with E-state index in [2.05, 4.69) is 42.8 Å². The molecule has 1 N–H and O–H groups in total. The van der Waals surface area contributed by atoms with Crippen molar-refractivity contribution in [2.75, 3.05) is 13.1 Å². The van der Waals surface area contributed by atoms with Crippen LogP contribution in [0.25, 0.3) is 5.65 Å². The number of halogens is 1. The average Bonchev–Trinajstić information content (AvgIpc) is 2.83. The van der Waals surface area contributed by atoms with Gasteiger partial charge in [-0.2, -0.15) is 0 Å². The van der Waals surface area contributed by atoms with Gasteiger partial charge in [0.25, 0.3) is 0 Å². The van der Waals surface area contributed by atoms with E-state index in [1.54, 1.807) is 0 Å². The highest BCUT2D eigenvalue weighted by atomic mass is 79.9. The van der Waals surface area contributed by atoms with Gasteiger partial charge in [-0.1, -0.05) is 6.92 Å². The minimum atomic E-state index is 0.462. The number of hydrogen-bond donors (Lipinski definition) is 1. The van der Waals surface area contributed by atoms with Gasteiger partial charge in [0.2, 0.25) is 0 Å². The maximum Gasteiger partial charge on any atom is 0.160 e. The van der Waals surface area contributed by atoms with Crippen LogP contribution in [-0.2, 0) is 0 Å². The van der Waals surface area contributed by atoms with Gasteiger partial charge in [0.15, 0.2) is 5.65 Å². The summed E-state index contributed by atoms with van der Waals surface area (Å²) in [6.45, 7) is 4.31. The molecule has 4 nitrogen and oxygen atoms in total. The number of fused-ring (bicyclic) bond motifs is 1. The molecule has 3 rings (SSSR count). The lowest BCUT2D eigenvalue weighted by molar-refractivity contribution is 0.541. The van der Waals surface area contributed by atoms with E-state index in [9.17, 15) is 0 Å². The lowest BCUT2D eigenvalue weighted by Gasteiger charge is -2.11. The molecule has 3 heterocycles. The van der Waals surface area contributed by atoms with Crippen LogP contribution < -0.4 is 5.32 Å². The molecule has 0 aliphatic carbocycles. The highest BCUT2D eigenvalue weighted by Gasteiger charge is 2.28. The highest BCUT2D eigenvalue weighted by Crippen LogP contribution is 2.27. The Labute approximate surface area is 102 Å². The van der Waals surface area contributed by atoms with E-state index >= 15 is 0 Å². The third-order valence-corrected chi connectivity index (χ3v) is 3.71. The molecule has 2 aromatic heterocycles. The summed E-state index contributed by atoms with van der Waals surface area (Å²) in [5.74, 6) is 2.14. The molecule has 0 saturated carbocycles. The van der Waals surface area contributed by atoms with E-state index in [4.69, 9.17) is 0 Å². The quantitative estimate of drug-likeness (QED) is 0.867. The van der Waals surface area contributed by atoms with Crippen molar-refractivity contribution < 1.29 is 0 Å². The standard InChI is InChI=1S/C11H13BrN4/c1-7-4-13-5-9(7)11-15-14-10-3-2-8(12)6-16(10)11/h2-3,6-7,9,13H,4-5H2,1H3/t7-,9-/m1/s1. The fourth-order valence-electron chi connectivity index (χ4n) is 2.29. The summed E-state index contributed by atoms with van der Waals surface area (Å²) in [6, 6.07) is 3.97. The second kappa shape index (κ2) is 3.82. The molecule has 0 amide bonds. The number of pyridine rings is 1. The van der Waals surface area contributed by atoms with E-state index in [0.29, 0.717) is 11.8 Å². The van der Waals surface area contributed by atoms with Crippen molar-refractivity contribution >= 4 is 21.6 Å². The molecule has 0 unspecified atom stereocenters. The number of hydrogen-bond acceptors (Lipinski definition) is 3. The van der Waals surface area contributed by atoms with Crippen molar-refractivity contribution in [2.45, 2.75) is 12.8 Å². The molecule has 2 aromatic rings. The number of nitrogens with one attached hydrogen (secondary N) is 1. The van der Waals surface area contributed by atoms with E-state index in [1.165, 1.54) is 0 Å². The predicted molar refractivity (Wildman–Crippen MR) is 65.5 cm³/mol. The number of nitrogens with zero attached hydrogens (tertiary/aromatic N) is 3. The minimum absolute atomic E-state index is 0.462. The molecule has 0 radical (unpaired) electrons. The van der Waals surface area contributed by atoms with Crippen molar-refractivity contribution in [3.8, 4) is 0 Å². The van der Waals surface area contributed by atoms with Crippen molar-refractivity contribution in [2.24, 2.45) is 5.92 Å². The summed E-state index contributed by atoms with van der Waals surface area (Å²) in [6.07, 6.45) is 2.04. The van der Waals surface area contributed by atoms with Crippen LogP contribution in [0.2, 0.25) is 0 Å². The van der Waals surface area contributed by atoms with Gasteiger partial charge in [-0.3, -0.25) is 4.40 Å². The first-order valence-corrected chi connectivity index (χ1v) is 6.26. The summed E-state index contributed by atoms with van der Waals surface area (Å²) < 4.78 is 3.14. The predicted octanol–water partition coefficient (Wildman–Crippen LogP) is 1.81. The zero-order chi connectivity index (χ0) is 11.1. The molecule has 0 spiro atoms. The summed E-state index contributed by atoms with van der Waals surface area (Å²) in [5.41, 5.74) is 0.914. The largest absolute Gasteiger partial charge is 0.316 e. The molecule has 2 atom stereocenters. The van der Waals surface area contributed by atoms with E-state index in [1.807, 2.05) is 18.3 Å². The van der Waals surface area contributed by atoms with Crippen molar-refractivity contribution in [3.63, 3.8) is 0 Å². The molecule has 1 saturated heterocycles. The Kier molecular flexibility index (Phi) is 2.44. The monoisotopic (exact) mass is 280 g/mol. The SMILES string of the molecule is C[C@@H]1CNC[C@H]1c1nnc2ccc(Br)cn12. The van der Waals surface area contributed by atoms with Gasteiger partial charge >= 0.3 is 0 Å². The normalized spacial score (nSPS) is 25.4. The van der Waals surface area contributed by atoms with Gasteiger partial charge < -0.3 is 5.32 Å². The Morgan fingerprint density at radius 3 is 3.00 bits per heavy atom. The lowest BCUT2D eigenvalue weighted by atomic mass is 9.97. The zero-order valence-electron chi connectivity index (χ0n) is 9.02. The van der Waals surface area contributed by atoms with Crippen LogP contribution in [0.5, 0.6) is 0 Å². The van der Waals surface area contributed by atoms with Gasteiger partial charge in [0, 0.05) is 23.1 Å². The molecule has 16 heavy (non-hydrogen) atoms. The fraction of sp³-hybridized carbons (Fsp3) is 0.455. The van der Waals surface area contributed by atoms with Crippen LogP contribution in [0.1, 0.15) is 18.7 Å². The van der Waals surface area contributed by atoms with E-state index < -0.39 is 0 Å². The van der Waals surface area contributed by atoms with Crippen molar-refractivity contribution in [1.29, 1.82) is 0 Å². The Bertz CT molecular complexity index is 522. The molecular formula is C11H13BrN4. The van der Waals surface area contributed by atoms with Gasteiger partial charge in [-0.15, -0.1) is 10.2 Å². The Hall–Kier alpha value is -0.940. The maximum absolute atomic E-state index is 4.32. The van der Waals surface area contributed by atoms with Gasteiger partial charge in [-0.05, 0) is 40.5 Å². The summed E-state index contributed by atoms with van der Waals surface area (Å²) in [5, 5.41) is 11.9. The first-order chi connectivity index (χ1) is 7.75. The van der Waals surface area contributed by atoms with E-state index in [0.717, 1.165) is 29.0 Å². The third kappa shape index (κ3) is 1.55. The smallest absolute Gasteiger partial charge is 0.160 e. The second-order valence-corrected chi connectivity index (χ2v) is 5.29. The molecular weight excluding hydrogens is 268 g/mol. The highest BCUT2D eigenvalue weighted by molar-refractivity contribution is 9.10. The number of aromatic nitrogens is 3. The van der Waals surface area contributed by atoms with Crippen molar-refractivity contribution in [1.82, 2.24) is 19.9 Å². The summed E-state index contributed by atoms with van der Waals surface area (Å²) >= 11 is 3.48. The van der Waals surface area contributed by atoms with Crippen LogP contribution in [-0.4, -0.2) is 27.7 Å². The lowest BCUT2D eigenvalue weighted by Crippen LogP contribution is -2.11. The Morgan fingerprint density at radius 2 is 2.25 bits per heavy atom. The van der Waals surface area contributed by atoms with Crippen molar-refractivity contribution in [3.05, 3.63) is 28.6 Å². The molecule has 0 aromatic carbocycles. The van der Waals surface area contributed by atoms with Gasteiger partial charge in [0.1, 0.15) is 5.82 Å². The molecule has 1 aliphatic rings. The Balaban J connectivity index is 2.12. The van der Waals surface area contributed by atoms with Crippen LogP contribution >= 0.6 is 15.9 Å². The molecule has 0 bridgehead atoms. The summed E-state index contributed by atoms with van der Waals surface area (Å²) in [4.78, 5) is 0. The first-order valence-electron chi connectivity index (χ1n) is 5.46. The zero-order valence-corrected chi connectivity index (χ0v) is 10.6. The second-order valence-electron chi connectivity index (χ2n) is 4.38. The molecule has 1 fully saturated rings. The first kappa shape index (κ1) is 10.2. The fourth-order valence-corrected chi connectivity index (χ4v) is 2.63. The molecule has 84 valence electrons. The average molecular weight is 281 g/mol. The molecule has 1 aliphatic heterocycles. The van der Waals surface area contributed by atoms with Crippen LogP contribution in [0.4, 0.5) is 0 Å². The Morgan fingerprint density at radius 1 is 1.38 bits per heavy atom. The third-order valence-electron chi connectivity index (χ3n) is 3.24.